The van der Waals surface area contributed by atoms with Crippen LogP contribution in [0.1, 0.15) is 32.7 Å². The van der Waals surface area contributed by atoms with Gasteiger partial charge in [-0.15, -0.1) is 0 Å². The quantitative estimate of drug-likeness (QED) is 0.870. The van der Waals surface area contributed by atoms with Gasteiger partial charge in [-0.2, -0.15) is 0 Å². The van der Waals surface area contributed by atoms with Crippen LogP contribution in [0.4, 0.5) is 5.82 Å². The maximum atomic E-state index is 12.3. The SMILES string of the molecule is CC(C)n1ccnc(N(C)C2CCCNC2)c1=O. The minimum absolute atomic E-state index is 0.000531. The highest BCUT2D eigenvalue weighted by molar-refractivity contribution is 5.36. The molecule has 5 nitrogen and oxygen atoms in total. The van der Waals surface area contributed by atoms with Crippen LogP contribution in [0.5, 0.6) is 0 Å². The molecule has 0 saturated carbocycles. The van der Waals surface area contributed by atoms with E-state index in [4.69, 9.17) is 0 Å². The smallest absolute Gasteiger partial charge is 0.293 e. The minimum atomic E-state index is 0.000531. The highest BCUT2D eigenvalue weighted by atomic mass is 16.1. The maximum Gasteiger partial charge on any atom is 0.293 e. The number of rotatable bonds is 3. The summed E-state index contributed by atoms with van der Waals surface area (Å²) in [5.74, 6) is 0.555. The van der Waals surface area contributed by atoms with Gasteiger partial charge in [0.15, 0.2) is 5.82 Å². The topological polar surface area (TPSA) is 50.2 Å². The predicted octanol–water partition coefficient (Wildman–Crippen LogP) is 1.01. The van der Waals surface area contributed by atoms with Crippen molar-refractivity contribution in [1.82, 2.24) is 14.9 Å². The Morgan fingerprint density at radius 2 is 2.33 bits per heavy atom. The van der Waals surface area contributed by atoms with E-state index in [0.29, 0.717) is 11.9 Å². The second kappa shape index (κ2) is 5.52. The van der Waals surface area contributed by atoms with Crippen LogP contribution in [0.15, 0.2) is 17.2 Å². The van der Waals surface area contributed by atoms with Crippen molar-refractivity contribution in [3.8, 4) is 0 Å². The van der Waals surface area contributed by atoms with Crippen molar-refractivity contribution in [3.05, 3.63) is 22.7 Å². The van der Waals surface area contributed by atoms with Crippen molar-refractivity contribution < 1.29 is 0 Å². The summed E-state index contributed by atoms with van der Waals surface area (Å²) >= 11 is 0. The minimum Gasteiger partial charge on any atom is -0.351 e. The molecule has 2 heterocycles. The van der Waals surface area contributed by atoms with Gasteiger partial charge in [-0.3, -0.25) is 4.79 Å². The van der Waals surface area contributed by atoms with Crippen molar-refractivity contribution >= 4 is 5.82 Å². The molecule has 0 aromatic carbocycles. The first-order chi connectivity index (χ1) is 8.61. The van der Waals surface area contributed by atoms with E-state index >= 15 is 0 Å². The lowest BCUT2D eigenvalue weighted by molar-refractivity contribution is 0.441. The van der Waals surface area contributed by atoms with Crippen LogP contribution < -0.4 is 15.8 Å². The van der Waals surface area contributed by atoms with Gasteiger partial charge in [0, 0.05) is 38.1 Å². The first-order valence-electron chi connectivity index (χ1n) is 6.62. The number of aromatic nitrogens is 2. The average Bonchev–Trinajstić information content (AvgIpc) is 2.39. The number of anilines is 1. The van der Waals surface area contributed by atoms with Crippen LogP contribution in [0.3, 0.4) is 0 Å². The van der Waals surface area contributed by atoms with Crippen LogP contribution in [-0.4, -0.2) is 35.7 Å². The fraction of sp³-hybridized carbons (Fsp3) is 0.692. The van der Waals surface area contributed by atoms with Gasteiger partial charge in [0.2, 0.25) is 0 Å². The summed E-state index contributed by atoms with van der Waals surface area (Å²) in [7, 11) is 1.96. The van der Waals surface area contributed by atoms with Crippen molar-refractivity contribution in [3.63, 3.8) is 0 Å². The number of nitrogens with zero attached hydrogens (tertiary/aromatic N) is 3. The monoisotopic (exact) mass is 250 g/mol. The largest absolute Gasteiger partial charge is 0.351 e. The van der Waals surface area contributed by atoms with E-state index in [2.05, 4.69) is 10.3 Å². The Balaban J connectivity index is 2.27. The third-order valence-corrected chi connectivity index (χ3v) is 3.56. The second-order valence-corrected chi connectivity index (χ2v) is 5.17. The molecule has 0 radical (unpaired) electrons. The molecule has 1 aliphatic rings. The molecule has 0 bridgehead atoms. The van der Waals surface area contributed by atoms with E-state index in [-0.39, 0.29) is 11.6 Å². The molecule has 100 valence electrons. The lowest BCUT2D eigenvalue weighted by atomic mass is 10.1. The van der Waals surface area contributed by atoms with Gasteiger partial charge in [-0.1, -0.05) is 0 Å². The van der Waals surface area contributed by atoms with Gasteiger partial charge in [-0.25, -0.2) is 4.98 Å². The molecule has 5 heteroatoms. The predicted molar refractivity (Wildman–Crippen MR) is 73.2 cm³/mol. The molecule has 0 spiro atoms. The van der Waals surface area contributed by atoms with Gasteiger partial charge < -0.3 is 14.8 Å². The van der Waals surface area contributed by atoms with Crippen molar-refractivity contribution in [2.45, 2.75) is 38.8 Å². The Morgan fingerprint density at radius 3 is 2.94 bits per heavy atom. The van der Waals surface area contributed by atoms with Gasteiger partial charge in [-0.05, 0) is 33.2 Å². The molecule has 1 N–H and O–H groups in total. The average molecular weight is 250 g/mol. The van der Waals surface area contributed by atoms with E-state index in [1.54, 1.807) is 17.0 Å². The highest BCUT2D eigenvalue weighted by Crippen LogP contribution is 2.13. The zero-order chi connectivity index (χ0) is 13.1. The second-order valence-electron chi connectivity index (χ2n) is 5.17. The summed E-state index contributed by atoms with van der Waals surface area (Å²) in [6.45, 7) is 6.01. The van der Waals surface area contributed by atoms with Crippen molar-refractivity contribution in [2.24, 2.45) is 0 Å². The zero-order valence-corrected chi connectivity index (χ0v) is 11.4. The molecule has 1 atom stereocenters. The van der Waals surface area contributed by atoms with Crippen LogP contribution in [0.25, 0.3) is 0 Å². The van der Waals surface area contributed by atoms with E-state index in [1.165, 1.54) is 0 Å². The number of piperidine rings is 1. The first-order valence-corrected chi connectivity index (χ1v) is 6.62. The highest BCUT2D eigenvalue weighted by Gasteiger charge is 2.21. The summed E-state index contributed by atoms with van der Waals surface area (Å²) < 4.78 is 1.73. The Labute approximate surface area is 108 Å². The normalized spacial score (nSPS) is 20.1. The number of nitrogens with one attached hydrogen (secondary N) is 1. The van der Waals surface area contributed by atoms with E-state index in [9.17, 15) is 4.79 Å². The Morgan fingerprint density at radius 1 is 1.56 bits per heavy atom. The molecule has 1 aromatic heterocycles. The Kier molecular flexibility index (Phi) is 4.01. The maximum absolute atomic E-state index is 12.3. The summed E-state index contributed by atoms with van der Waals surface area (Å²) in [4.78, 5) is 18.6. The summed E-state index contributed by atoms with van der Waals surface area (Å²) in [6.07, 6.45) is 5.73. The Bertz CT molecular complexity index is 449. The van der Waals surface area contributed by atoms with Crippen LogP contribution in [-0.2, 0) is 0 Å². The third kappa shape index (κ3) is 2.56. The standard InChI is InChI=1S/C13H22N4O/c1-10(2)17-8-7-15-12(13(17)18)16(3)11-5-4-6-14-9-11/h7-8,10-11,14H,4-6,9H2,1-3H3. The summed E-state index contributed by atoms with van der Waals surface area (Å²) in [5, 5.41) is 3.36. The van der Waals surface area contributed by atoms with Crippen LogP contribution >= 0.6 is 0 Å². The number of hydrogen-bond acceptors (Lipinski definition) is 4. The number of hydrogen-bond donors (Lipinski definition) is 1. The third-order valence-electron chi connectivity index (χ3n) is 3.56. The fourth-order valence-electron chi connectivity index (χ4n) is 2.40. The molecule has 1 aromatic rings. The number of likely N-dealkylation sites (N-methyl/N-ethyl adjacent to an activating group) is 1. The van der Waals surface area contributed by atoms with Crippen molar-refractivity contribution in [1.29, 1.82) is 0 Å². The molecular formula is C13H22N4O. The first kappa shape index (κ1) is 13.1. The molecule has 1 saturated heterocycles. The Hall–Kier alpha value is -1.36. The zero-order valence-electron chi connectivity index (χ0n) is 11.4. The summed E-state index contributed by atoms with van der Waals surface area (Å²) in [5.41, 5.74) is 0.000531. The van der Waals surface area contributed by atoms with Gasteiger partial charge in [0.1, 0.15) is 0 Å². The van der Waals surface area contributed by atoms with Gasteiger partial charge in [0.25, 0.3) is 5.56 Å². The lowest BCUT2D eigenvalue weighted by Crippen LogP contribution is -2.46. The molecule has 18 heavy (non-hydrogen) atoms. The van der Waals surface area contributed by atoms with Crippen molar-refractivity contribution in [2.75, 3.05) is 25.0 Å². The summed E-state index contributed by atoms with van der Waals surface area (Å²) in [6, 6.07) is 0.527. The van der Waals surface area contributed by atoms with Gasteiger partial charge in [0.05, 0.1) is 0 Å². The van der Waals surface area contributed by atoms with Gasteiger partial charge >= 0.3 is 0 Å². The molecule has 2 rings (SSSR count). The van der Waals surface area contributed by atoms with Crippen LogP contribution in [0, 0.1) is 0 Å². The molecule has 0 amide bonds. The fourth-order valence-corrected chi connectivity index (χ4v) is 2.40. The van der Waals surface area contributed by atoms with E-state index in [0.717, 1.165) is 25.9 Å². The molecule has 1 aliphatic heterocycles. The molecule has 1 unspecified atom stereocenters. The molecule has 0 aliphatic carbocycles. The van der Waals surface area contributed by atoms with E-state index in [1.807, 2.05) is 25.8 Å². The molecular weight excluding hydrogens is 228 g/mol. The molecule has 1 fully saturated rings. The lowest BCUT2D eigenvalue weighted by Gasteiger charge is -2.32. The van der Waals surface area contributed by atoms with Crippen LogP contribution in [0.2, 0.25) is 0 Å². The van der Waals surface area contributed by atoms with E-state index < -0.39 is 0 Å².